The summed E-state index contributed by atoms with van der Waals surface area (Å²) in [6, 6.07) is 0.540. The summed E-state index contributed by atoms with van der Waals surface area (Å²) in [7, 11) is 0. The molecule has 1 saturated carbocycles. The smallest absolute Gasteiger partial charge is 0.317 e. The van der Waals surface area contributed by atoms with Gasteiger partial charge < -0.3 is 5.11 Å². The molecule has 0 heterocycles. The van der Waals surface area contributed by atoms with Crippen LogP contribution in [0.15, 0.2) is 0 Å². The number of nitrogens with zero attached hydrogens (tertiary/aromatic N) is 1. The van der Waals surface area contributed by atoms with Crippen LogP contribution in [-0.4, -0.2) is 35.1 Å². The van der Waals surface area contributed by atoms with Crippen LogP contribution in [0.2, 0.25) is 0 Å². The van der Waals surface area contributed by atoms with E-state index in [1.54, 1.807) is 0 Å². The maximum absolute atomic E-state index is 10.6. The van der Waals surface area contributed by atoms with Gasteiger partial charge in [0, 0.05) is 12.6 Å². The van der Waals surface area contributed by atoms with E-state index in [1.165, 1.54) is 19.3 Å². The normalized spacial score (nSPS) is 17.8. The minimum absolute atomic E-state index is 0.211. The van der Waals surface area contributed by atoms with Crippen molar-refractivity contribution >= 4 is 5.97 Å². The predicted molar refractivity (Wildman–Crippen MR) is 51.7 cm³/mol. The van der Waals surface area contributed by atoms with Crippen molar-refractivity contribution in [1.29, 1.82) is 0 Å². The van der Waals surface area contributed by atoms with Gasteiger partial charge in [0.15, 0.2) is 0 Å². The van der Waals surface area contributed by atoms with Gasteiger partial charge in [-0.3, -0.25) is 9.69 Å². The Balaban J connectivity index is 2.37. The van der Waals surface area contributed by atoms with Crippen molar-refractivity contribution in [1.82, 2.24) is 4.90 Å². The molecule has 0 unspecified atom stereocenters. The Labute approximate surface area is 79.7 Å². The molecular formula is C10H19NO2. The first kappa shape index (κ1) is 10.5. The summed E-state index contributed by atoms with van der Waals surface area (Å²) in [5.74, 6) is -0.146. The Morgan fingerprint density at radius 2 is 2.15 bits per heavy atom. The van der Waals surface area contributed by atoms with Gasteiger partial charge in [-0.05, 0) is 18.8 Å². The van der Waals surface area contributed by atoms with Gasteiger partial charge in [-0.1, -0.05) is 20.3 Å². The van der Waals surface area contributed by atoms with E-state index >= 15 is 0 Å². The number of carboxylic acid groups (broad SMARTS) is 1. The molecule has 3 heteroatoms. The first-order valence-electron chi connectivity index (χ1n) is 5.05. The maximum Gasteiger partial charge on any atom is 0.317 e. The van der Waals surface area contributed by atoms with Crippen LogP contribution in [0.3, 0.4) is 0 Å². The average molecular weight is 185 g/mol. The van der Waals surface area contributed by atoms with Gasteiger partial charge in [-0.2, -0.15) is 0 Å². The molecule has 3 nitrogen and oxygen atoms in total. The van der Waals surface area contributed by atoms with Crippen molar-refractivity contribution < 1.29 is 9.90 Å². The number of hydrogen-bond acceptors (Lipinski definition) is 2. The van der Waals surface area contributed by atoms with E-state index in [2.05, 4.69) is 18.7 Å². The summed E-state index contributed by atoms with van der Waals surface area (Å²) in [6.45, 7) is 5.39. The molecule has 0 amide bonds. The third-order valence-electron chi connectivity index (χ3n) is 2.53. The van der Waals surface area contributed by atoms with Gasteiger partial charge in [0.05, 0.1) is 6.54 Å². The molecule has 1 N–H and O–H groups in total. The van der Waals surface area contributed by atoms with Crippen molar-refractivity contribution in [2.24, 2.45) is 5.92 Å². The lowest BCUT2D eigenvalue weighted by atomic mass is 9.91. The summed E-state index contributed by atoms with van der Waals surface area (Å²) < 4.78 is 0. The predicted octanol–water partition coefficient (Wildman–Crippen LogP) is 1.58. The van der Waals surface area contributed by atoms with Gasteiger partial charge in [-0.15, -0.1) is 0 Å². The van der Waals surface area contributed by atoms with Crippen molar-refractivity contribution in [3.05, 3.63) is 0 Å². The lowest BCUT2D eigenvalue weighted by Gasteiger charge is -2.37. The third-order valence-corrected chi connectivity index (χ3v) is 2.53. The molecule has 0 atom stereocenters. The van der Waals surface area contributed by atoms with E-state index in [0.29, 0.717) is 12.0 Å². The second-order valence-electron chi connectivity index (χ2n) is 4.30. The molecule has 0 radical (unpaired) electrons. The molecule has 0 spiro atoms. The lowest BCUT2D eigenvalue weighted by Crippen LogP contribution is -2.44. The zero-order chi connectivity index (χ0) is 9.84. The molecule has 1 fully saturated rings. The van der Waals surface area contributed by atoms with Crippen molar-refractivity contribution in [2.75, 3.05) is 13.1 Å². The molecule has 1 aliphatic carbocycles. The summed E-state index contributed by atoms with van der Waals surface area (Å²) in [5, 5.41) is 8.72. The highest BCUT2D eigenvalue weighted by atomic mass is 16.4. The van der Waals surface area contributed by atoms with E-state index in [9.17, 15) is 4.79 Å². The zero-order valence-electron chi connectivity index (χ0n) is 8.49. The molecule has 76 valence electrons. The minimum Gasteiger partial charge on any atom is -0.480 e. The van der Waals surface area contributed by atoms with E-state index < -0.39 is 5.97 Å². The van der Waals surface area contributed by atoms with E-state index in [-0.39, 0.29) is 6.54 Å². The van der Waals surface area contributed by atoms with Crippen molar-refractivity contribution in [2.45, 2.75) is 39.2 Å². The molecular weight excluding hydrogens is 166 g/mol. The third kappa shape index (κ3) is 3.35. The molecule has 0 aliphatic heterocycles. The zero-order valence-corrected chi connectivity index (χ0v) is 8.49. The van der Waals surface area contributed by atoms with Crippen LogP contribution in [0.4, 0.5) is 0 Å². The van der Waals surface area contributed by atoms with Crippen LogP contribution in [-0.2, 0) is 4.79 Å². The number of aliphatic carboxylic acids is 1. The van der Waals surface area contributed by atoms with Crippen LogP contribution in [0, 0.1) is 5.92 Å². The number of carboxylic acids is 1. The van der Waals surface area contributed by atoms with Gasteiger partial charge in [0.25, 0.3) is 0 Å². The van der Waals surface area contributed by atoms with Crippen LogP contribution >= 0.6 is 0 Å². The highest BCUT2D eigenvalue weighted by Gasteiger charge is 2.26. The topological polar surface area (TPSA) is 40.5 Å². The van der Waals surface area contributed by atoms with Gasteiger partial charge >= 0.3 is 5.97 Å². The number of rotatable bonds is 5. The quantitative estimate of drug-likeness (QED) is 0.707. The minimum atomic E-state index is -0.701. The summed E-state index contributed by atoms with van der Waals surface area (Å²) in [5.41, 5.74) is 0. The Bertz CT molecular complexity index is 176. The van der Waals surface area contributed by atoms with Crippen LogP contribution in [0.5, 0.6) is 0 Å². The van der Waals surface area contributed by atoms with Crippen LogP contribution in [0.1, 0.15) is 33.1 Å². The largest absolute Gasteiger partial charge is 0.480 e. The highest BCUT2D eigenvalue weighted by Crippen LogP contribution is 2.25. The maximum atomic E-state index is 10.6. The van der Waals surface area contributed by atoms with Crippen LogP contribution in [0.25, 0.3) is 0 Å². The van der Waals surface area contributed by atoms with Gasteiger partial charge in [0.2, 0.25) is 0 Å². The van der Waals surface area contributed by atoms with Crippen molar-refractivity contribution in [3.63, 3.8) is 0 Å². The summed E-state index contributed by atoms with van der Waals surface area (Å²) >= 11 is 0. The summed E-state index contributed by atoms with van der Waals surface area (Å²) in [4.78, 5) is 12.7. The summed E-state index contributed by atoms with van der Waals surface area (Å²) in [6.07, 6.45) is 3.62. The second-order valence-corrected chi connectivity index (χ2v) is 4.30. The lowest BCUT2D eigenvalue weighted by molar-refractivity contribution is -0.139. The molecule has 1 rings (SSSR count). The Kier molecular flexibility index (Phi) is 3.72. The van der Waals surface area contributed by atoms with Gasteiger partial charge in [0.1, 0.15) is 0 Å². The SMILES string of the molecule is CC(C)CN(CC(=O)O)C1CCC1. The first-order valence-corrected chi connectivity index (χ1v) is 5.05. The van der Waals surface area contributed by atoms with Gasteiger partial charge in [-0.25, -0.2) is 0 Å². The monoisotopic (exact) mass is 185 g/mol. The molecule has 0 aromatic heterocycles. The van der Waals surface area contributed by atoms with E-state index in [4.69, 9.17) is 5.11 Å². The Morgan fingerprint density at radius 1 is 1.54 bits per heavy atom. The molecule has 0 saturated heterocycles. The molecule has 0 aromatic rings. The Hall–Kier alpha value is -0.570. The van der Waals surface area contributed by atoms with E-state index in [1.807, 2.05) is 0 Å². The first-order chi connectivity index (χ1) is 6.09. The van der Waals surface area contributed by atoms with Crippen LogP contribution < -0.4 is 0 Å². The van der Waals surface area contributed by atoms with E-state index in [0.717, 1.165) is 6.54 Å². The molecule has 1 aliphatic rings. The average Bonchev–Trinajstić information content (AvgIpc) is 1.78. The fourth-order valence-corrected chi connectivity index (χ4v) is 1.74. The molecule has 0 bridgehead atoms. The molecule has 13 heavy (non-hydrogen) atoms. The molecule has 0 aromatic carbocycles. The highest BCUT2D eigenvalue weighted by molar-refractivity contribution is 5.69. The second kappa shape index (κ2) is 4.61. The standard InChI is InChI=1S/C10H19NO2/c1-8(2)6-11(7-10(12)13)9-4-3-5-9/h8-9H,3-7H2,1-2H3,(H,12,13). The Morgan fingerprint density at radius 3 is 2.46 bits per heavy atom. The number of hydrogen-bond donors (Lipinski definition) is 1. The van der Waals surface area contributed by atoms with Crippen molar-refractivity contribution in [3.8, 4) is 0 Å². The fourth-order valence-electron chi connectivity index (χ4n) is 1.74. The fraction of sp³-hybridized carbons (Fsp3) is 0.900. The number of carbonyl (C=O) groups is 1.